The van der Waals surface area contributed by atoms with Gasteiger partial charge in [-0.1, -0.05) is 13.8 Å². The number of fused-ring (bicyclic) bond motifs is 1. The number of rotatable bonds is 5. The van der Waals surface area contributed by atoms with Gasteiger partial charge in [0, 0.05) is 12.7 Å². The summed E-state index contributed by atoms with van der Waals surface area (Å²) in [6, 6.07) is -0.573. The minimum atomic E-state index is -0.841. The maximum Gasteiger partial charge on any atom is 0.320 e. The molecule has 19 heavy (non-hydrogen) atoms. The molecule has 6 nitrogen and oxygen atoms in total. The van der Waals surface area contributed by atoms with E-state index < -0.39 is 12.0 Å². The molecule has 0 aliphatic heterocycles. The lowest BCUT2D eigenvalue weighted by Crippen LogP contribution is -2.40. The normalized spacial score (nSPS) is 13.1. The zero-order valence-corrected chi connectivity index (χ0v) is 12.3. The molecule has 0 fully saturated rings. The second-order valence-electron chi connectivity index (χ2n) is 4.63. The number of aliphatic carboxylic acids is 1. The van der Waals surface area contributed by atoms with Crippen LogP contribution in [-0.2, 0) is 11.3 Å². The topological polar surface area (TPSA) is 79.5 Å². The van der Waals surface area contributed by atoms with Crippen LogP contribution in [0.1, 0.15) is 19.5 Å². The van der Waals surface area contributed by atoms with Gasteiger partial charge in [0.05, 0.1) is 18.1 Å². The highest BCUT2D eigenvalue weighted by Gasteiger charge is 2.20. The zero-order chi connectivity index (χ0) is 14.0. The number of carboxylic acids is 1. The third-order valence-electron chi connectivity index (χ3n) is 2.88. The molecule has 2 aromatic heterocycles. The van der Waals surface area contributed by atoms with E-state index in [-0.39, 0.29) is 5.92 Å². The summed E-state index contributed by atoms with van der Waals surface area (Å²) in [5.41, 5.74) is 1.63. The Labute approximate surface area is 119 Å². The summed E-state index contributed by atoms with van der Waals surface area (Å²) < 4.78 is 2.58. The van der Waals surface area contributed by atoms with E-state index in [9.17, 15) is 4.79 Å². The lowest BCUT2D eigenvalue weighted by atomic mass is 10.0. The fourth-order valence-electron chi connectivity index (χ4n) is 1.87. The number of nitrogens with zero attached hydrogens (tertiary/aromatic N) is 3. The van der Waals surface area contributed by atoms with Crippen LogP contribution < -0.4 is 5.32 Å². The van der Waals surface area contributed by atoms with E-state index in [1.54, 1.807) is 12.4 Å². The monoisotopic (exact) mass is 326 g/mol. The molecule has 0 saturated carbocycles. The molecule has 1 unspecified atom stereocenters. The number of halogens is 1. The quantitative estimate of drug-likeness (QED) is 0.874. The van der Waals surface area contributed by atoms with Crippen molar-refractivity contribution < 1.29 is 9.90 Å². The zero-order valence-electron chi connectivity index (χ0n) is 10.7. The molecule has 0 spiro atoms. The Kier molecular flexibility index (Phi) is 4.16. The van der Waals surface area contributed by atoms with Gasteiger partial charge in [-0.25, -0.2) is 9.97 Å². The third-order valence-corrected chi connectivity index (χ3v) is 3.29. The minimum absolute atomic E-state index is 0.0186. The van der Waals surface area contributed by atoms with Crippen molar-refractivity contribution in [3.8, 4) is 0 Å². The lowest BCUT2D eigenvalue weighted by Gasteiger charge is -2.17. The van der Waals surface area contributed by atoms with Gasteiger partial charge in [0.2, 0.25) is 0 Å². The van der Waals surface area contributed by atoms with Gasteiger partial charge in [-0.3, -0.25) is 14.5 Å². The maximum atomic E-state index is 11.1. The first-order valence-corrected chi connectivity index (χ1v) is 6.72. The van der Waals surface area contributed by atoms with Crippen molar-refractivity contribution in [1.29, 1.82) is 0 Å². The van der Waals surface area contributed by atoms with Crippen LogP contribution in [0.2, 0.25) is 0 Å². The molecule has 2 heterocycles. The number of hydrogen-bond donors (Lipinski definition) is 2. The molecule has 1 atom stereocenters. The van der Waals surface area contributed by atoms with Gasteiger partial charge in [-0.15, -0.1) is 0 Å². The van der Waals surface area contributed by atoms with Crippen LogP contribution in [-0.4, -0.2) is 31.5 Å². The highest BCUT2D eigenvalue weighted by atomic mass is 79.9. The van der Waals surface area contributed by atoms with Crippen molar-refractivity contribution in [2.24, 2.45) is 5.92 Å². The van der Waals surface area contributed by atoms with E-state index in [4.69, 9.17) is 5.11 Å². The Hall–Kier alpha value is -1.47. The SMILES string of the molecule is CC(C)C(NCc1cnc2cnc(Br)cn12)C(=O)O. The second kappa shape index (κ2) is 5.66. The molecule has 2 aromatic rings. The number of carboxylic acid groups (broad SMARTS) is 1. The first-order valence-electron chi connectivity index (χ1n) is 5.92. The van der Waals surface area contributed by atoms with E-state index >= 15 is 0 Å². The van der Waals surface area contributed by atoms with Crippen LogP contribution in [0.3, 0.4) is 0 Å². The van der Waals surface area contributed by atoms with Crippen molar-refractivity contribution in [3.05, 3.63) is 28.9 Å². The van der Waals surface area contributed by atoms with Crippen LogP contribution in [0.4, 0.5) is 0 Å². The largest absolute Gasteiger partial charge is 0.480 e. The van der Waals surface area contributed by atoms with E-state index in [1.807, 2.05) is 24.4 Å². The number of aromatic nitrogens is 3. The Morgan fingerprint density at radius 3 is 2.84 bits per heavy atom. The Bertz CT molecular complexity index is 596. The molecular formula is C12H15BrN4O2. The van der Waals surface area contributed by atoms with Crippen molar-refractivity contribution in [3.63, 3.8) is 0 Å². The van der Waals surface area contributed by atoms with Crippen molar-refractivity contribution in [2.75, 3.05) is 0 Å². The summed E-state index contributed by atoms with van der Waals surface area (Å²) in [5.74, 6) is -0.822. The molecule has 0 amide bonds. The predicted octanol–water partition coefficient (Wildman–Crippen LogP) is 1.69. The predicted molar refractivity (Wildman–Crippen MR) is 73.8 cm³/mol. The minimum Gasteiger partial charge on any atom is -0.480 e. The van der Waals surface area contributed by atoms with Gasteiger partial charge < -0.3 is 5.11 Å². The molecule has 0 aromatic carbocycles. The van der Waals surface area contributed by atoms with Crippen LogP contribution in [0.15, 0.2) is 23.2 Å². The first kappa shape index (κ1) is 14.0. The fraction of sp³-hybridized carbons (Fsp3) is 0.417. The van der Waals surface area contributed by atoms with Crippen LogP contribution >= 0.6 is 15.9 Å². The average molecular weight is 327 g/mol. The van der Waals surface area contributed by atoms with Gasteiger partial charge >= 0.3 is 5.97 Å². The molecule has 0 bridgehead atoms. The Morgan fingerprint density at radius 1 is 1.47 bits per heavy atom. The van der Waals surface area contributed by atoms with Gasteiger partial charge in [0.25, 0.3) is 0 Å². The molecule has 2 N–H and O–H groups in total. The molecule has 2 rings (SSSR count). The summed E-state index contributed by atoms with van der Waals surface area (Å²) in [6.45, 7) is 4.19. The Morgan fingerprint density at radius 2 is 2.21 bits per heavy atom. The molecule has 7 heteroatoms. The van der Waals surface area contributed by atoms with E-state index in [1.165, 1.54) is 0 Å². The van der Waals surface area contributed by atoms with E-state index in [2.05, 4.69) is 31.2 Å². The van der Waals surface area contributed by atoms with Crippen LogP contribution in [0.25, 0.3) is 5.65 Å². The molecular weight excluding hydrogens is 312 g/mol. The number of nitrogens with one attached hydrogen (secondary N) is 1. The summed E-state index contributed by atoms with van der Waals surface area (Å²) >= 11 is 3.30. The maximum absolute atomic E-state index is 11.1. The fourth-order valence-corrected chi connectivity index (χ4v) is 2.18. The highest BCUT2D eigenvalue weighted by Crippen LogP contribution is 2.11. The number of carbonyl (C=O) groups is 1. The average Bonchev–Trinajstić information content (AvgIpc) is 2.71. The van der Waals surface area contributed by atoms with Gasteiger partial charge in [-0.05, 0) is 21.8 Å². The summed E-state index contributed by atoms with van der Waals surface area (Å²) in [7, 11) is 0. The van der Waals surface area contributed by atoms with Crippen molar-refractivity contribution in [1.82, 2.24) is 19.7 Å². The summed E-state index contributed by atoms with van der Waals surface area (Å²) in [5, 5.41) is 12.2. The molecule has 0 radical (unpaired) electrons. The third kappa shape index (κ3) is 3.10. The molecule has 0 aliphatic rings. The summed E-state index contributed by atoms with van der Waals surface area (Å²) in [6.07, 6.45) is 5.19. The van der Waals surface area contributed by atoms with Gasteiger partial charge in [0.15, 0.2) is 5.65 Å². The van der Waals surface area contributed by atoms with Crippen LogP contribution in [0, 0.1) is 5.92 Å². The number of imidazole rings is 1. The van der Waals surface area contributed by atoms with Gasteiger partial charge in [-0.2, -0.15) is 0 Å². The second-order valence-corrected chi connectivity index (χ2v) is 5.44. The molecule has 102 valence electrons. The van der Waals surface area contributed by atoms with Gasteiger partial charge in [0.1, 0.15) is 10.6 Å². The Balaban J connectivity index is 2.17. The van der Waals surface area contributed by atoms with Crippen molar-refractivity contribution >= 4 is 27.5 Å². The standard InChI is InChI=1S/C12H15BrN4O2/c1-7(2)11(12(18)19)16-4-8-3-15-10-5-14-9(13)6-17(8)10/h3,5-7,11,16H,4H2,1-2H3,(H,18,19). The van der Waals surface area contributed by atoms with Crippen LogP contribution in [0.5, 0.6) is 0 Å². The van der Waals surface area contributed by atoms with E-state index in [0.717, 1.165) is 11.3 Å². The van der Waals surface area contributed by atoms with Crippen molar-refractivity contribution in [2.45, 2.75) is 26.4 Å². The lowest BCUT2D eigenvalue weighted by molar-refractivity contribution is -0.140. The highest BCUT2D eigenvalue weighted by molar-refractivity contribution is 9.10. The first-order chi connectivity index (χ1) is 8.99. The summed E-state index contributed by atoms with van der Waals surface area (Å²) in [4.78, 5) is 19.4. The number of hydrogen-bond acceptors (Lipinski definition) is 4. The van der Waals surface area contributed by atoms with E-state index in [0.29, 0.717) is 11.1 Å². The smallest absolute Gasteiger partial charge is 0.320 e. The molecule has 0 aliphatic carbocycles. The molecule has 0 saturated heterocycles.